The Morgan fingerprint density at radius 3 is 2.13 bits per heavy atom. The van der Waals surface area contributed by atoms with Gasteiger partial charge in [0.1, 0.15) is 4.90 Å². The highest BCUT2D eigenvalue weighted by Gasteiger charge is 2.42. The van der Waals surface area contributed by atoms with Gasteiger partial charge < -0.3 is 20.3 Å². The number of ether oxygens (including phenoxy) is 1. The van der Waals surface area contributed by atoms with Crippen molar-refractivity contribution in [1.82, 2.24) is 15.3 Å². The molecule has 0 saturated carbocycles. The number of anilines is 5. The molecule has 0 amide bonds. The molecule has 17 heteroatoms. The number of piperazine rings is 1. The second kappa shape index (κ2) is 11.7. The molecule has 2 aliphatic heterocycles. The molecule has 0 atom stereocenters. The SMILES string of the molecule is COC(=O)c1ccc2c(c1)N(c1cc(C(F)(F)F)cc(C(F)(F)F)c1)S(=O)(=O)c1cnc(Nc3ccc(N4CCNCC4)cc3)nc1-2. The predicted octanol–water partition coefficient (Wildman–Crippen LogP) is 5.96. The van der Waals surface area contributed by atoms with Crippen LogP contribution in [-0.2, 0) is 27.1 Å². The van der Waals surface area contributed by atoms with Gasteiger partial charge in [0.2, 0.25) is 5.95 Å². The topological polar surface area (TPSA) is 117 Å². The molecule has 2 N–H and O–H groups in total. The average molecular weight is 679 g/mol. The van der Waals surface area contributed by atoms with E-state index < -0.39 is 55.7 Å². The number of alkyl halides is 6. The predicted molar refractivity (Wildman–Crippen MR) is 159 cm³/mol. The van der Waals surface area contributed by atoms with Gasteiger partial charge in [-0.3, -0.25) is 0 Å². The van der Waals surface area contributed by atoms with Crippen molar-refractivity contribution in [3.05, 3.63) is 83.6 Å². The maximum atomic E-state index is 14.0. The van der Waals surface area contributed by atoms with E-state index in [1.54, 1.807) is 12.1 Å². The largest absolute Gasteiger partial charge is 0.465 e. The molecule has 246 valence electrons. The van der Waals surface area contributed by atoms with Crippen molar-refractivity contribution in [2.75, 3.05) is 47.8 Å². The van der Waals surface area contributed by atoms with Crippen LogP contribution in [-0.4, -0.2) is 57.6 Å². The molecule has 10 nitrogen and oxygen atoms in total. The fourth-order valence-corrected chi connectivity index (χ4v) is 6.90. The molecular formula is C30H24F6N6O4S. The molecule has 1 fully saturated rings. The van der Waals surface area contributed by atoms with Crippen LogP contribution in [0.5, 0.6) is 0 Å². The third-order valence-electron chi connectivity index (χ3n) is 7.58. The number of rotatable bonds is 5. The van der Waals surface area contributed by atoms with E-state index in [0.717, 1.165) is 51.2 Å². The number of carbonyl (C=O) groups excluding carboxylic acids is 1. The number of halogens is 6. The molecule has 0 spiro atoms. The van der Waals surface area contributed by atoms with Crippen LogP contribution in [0.2, 0.25) is 0 Å². The van der Waals surface area contributed by atoms with Crippen LogP contribution in [0.15, 0.2) is 71.8 Å². The minimum atomic E-state index is -5.25. The van der Waals surface area contributed by atoms with Crippen LogP contribution in [0, 0.1) is 0 Å². The molecule has 0 unspecified atom stereocenters. The summed E-state index contributed by atoms with van der Waals surface area (Å²) in [6.45, 7) is 3.37. The number of benzene rings is 3. The number of esters is 1. The van der Waals surface area contributed by atoms with E-state index in [-0.39, 0.29) is 41.0 Å². The molecule has 3 heterocycles. The van der Waals surface area contributed by atoms with Crippen molar-refractivity contribution in [2.24, 2.45) is 0 Å². The zero-order valence-electron chi connectivity index (χ0n) is 24.3. The second-order valence-corrected chi connectivity index (χ2v) is 12.3. The Hall–Kier alpha value is -4.90. The number of aromatic nitrogens is 2. The molecule has 3 aromatic carbocycles. The minimum absolute atomic E-state index is 0.00652. The molecule has 1 aromatic heterocycles. The van der Waals surface area contributed by atoms with Crippen molar-refractivity contribution in [3.63, 3.8) is 0 Å². The van der Waals surface area contributed by atoms with Gasteiger partial charge in [0.05, 0.1) is 47.1 Å². The highest BCUT2D eigenvalue weighted by atomic mass is 32.2. The van der Waals surface area contributed by atoms with Crippen molar-refractivity contribution in [3.8, 4) is 11.3 Å². The van der Waals surface area contributed by atoms with E-state index in [1.807, 2.05) is 12.1 Å². The van der Waals surface area contributed by atoms with E-state index in [4.69, 9.17) is 4.74 Å². The summed E-state index contributed by atoms with van der Waals surface area (Å²) >= 11 is 0. The van der Waals surface area contributed by atoms with Crippen molar-refractivity contribution in [1.29, 1.82) is 0 Å². The van der Waals surface area contributed by atoms with Crippen LogP contribution < -0.4 is 19.8 Å². The van der Waals surface area contributed by atoms with Crippen LogP contribution in [0.25, 0.3) is 11.3 Å². The number of nitrogens with zero attached hydrogens (tertiary/aromatic N) is 4. The van der Waals surface area contributed by atoms with E-state index in [2.05, 4.69) is 25.5 Å². The first-order valence-corrected chi connectivity index (χ1v) is 15.4. The van der Waals surface area contributed by atoms with Crippen LogP contribution in [0.3, 0.4) is 0 Å². The lowest BCUT2D eigenvalue weighted by molar-refractivity contribution is -0.143. The van der Waals surface area contributed by atoms with Crippen LogP contribution in [0.4, 0.5) is 55.0 Å². The number of hydrogen-bond acceptors (Lipinski definition) is 9. The van der Waals surface area contributed by atoms with Gasteiger partial charge in [0.15, 0.2) is 0 Å². The summed E-state index contributed by atoms with van der Waals surface area (Å²) < 4.78 is 116. The average Bonchev–Trinajstić information content (AvgIpc) is 3.04. The van der Waals surface area contributed by atoms with Crippen molar-refractivity contribution in [2.45, 2.75) is 17.2 Å². The summed E-state index contributed by atoms with van der Waals surface area (Å²) in [5.74, 6) is -0.964. The minimum Gasteiger partial charge on any atom is -0.465 e. The van der Waals surface area contributed by atoms with Gasteiger partial charge in [0.25, 0.3) is 10.0 Å². The smallest absolute Gasteiger partial charge is 0.416 e. The summed E-state index contributed by atoms with van der Waals surface area (Å²) in [6.07, 6.45) is -9.59. The van der Waals surface area contributed by atoms with Crippen LogP contribution in [0.1, 0.15) is 21.5 Å². The molecule has 4 aromatic rings. The third kappa shape index (κ3) is 6.15. The Morgan fingerprint density at radius 1 is 0.894 bits per heavy atom. The summed E-state index contributed by atoms with van der Waals surface area (Å²) in [5.41, 5.74) is -3.69. The van der Waals surface area contributed by atoms with Gasteiger partial charge in [-0.05, 0) is 60.7 Å². The summed E-state index contributed by atoms with van der Waals surface area (Å²) in [7, 11) is -3.90. The lowest BCUT2D eigenvalue weighted by Gasteiger charge is -2.32. The zero-order valence-corrected chi connectivity index (χ0v) is 25.1. The lowest BCUT2D eigenvalue weighted by Crippen LogP contribution is -2.43. The fourth-order valence-electron chi connectivity index (χ4n) is 5.33. The Morgan fingerprint density at radius 2 is 1.53 bits per heavy atom. The Kier molecular flexibility index (Phi) is 7.99. The van der Waals surface area contributed by atoms with E-state index >= 15 is 0 Å². The number of carbonyl (C=O) groups is 1. The third-order valence-corrected chi connectivity index (χ3v) is 9.32. The molecule has 6 rings (SSSR count). The zero-order chi connectivity index (χ0) is 33.7. The Balaban J connectivity index is 1.46. The maximum Gasteiger partial charge on any atom is 0.416 e. The molecule has 0 bridgehead atoms. The number of nitrogens with one attached hydrogen (secondary N) is 2. The molecule has 1 saturated heterocycles. The normalized spacial score (nSPS) is 15.9. The van der Waals surface area contributed by atoms with Gasteiger partial charge in [-0.15, -0.1) is 0 Å². The molecule has 0 radical (unpaired) electrons. The van der Waals surface area contributed by atoms with Crippen LogP contribution >= 0.6 is 0 Å². The first kappa shape index (κ1) is 32.1. The molecule has 0 aliphatic carbocycles. The van der Waals surface area contributed by atoms with Crippen molar-refractivity contribution >= 4 is 44.7 Å². The van der Waals surface area contributed by atoms with Gasteiger partial charge in [-0.25, -0.2) is 27.5 Å². The highest BCUT2D eigenvalue weighted by molar-refractivity contribution is 7.93. The first-order chi connectivity index (χ1) is 22.2. The summed E-state index contributed by atoms with van der Waals surface area (Å²) in [4.78, 5) is 22.5. The highest BCUT2D eigenvalue weighted by Crippen LogP contribution is 2.48. The van der Waals surface area contributed by atoms with Gasteiger partial charge in [-0.2, -0.15) is 26.3 Å². The molecular weight excluding hydrogens is 654 g/mol. The quantitative estimate of drug-likeness (QED) is 0.195. The number of hydrogen-bond donors (Lipinski definition) is 2. The molecule has 2 aliphatic rings. The van der Waals surface area contributed by atoms with Gasteiger partial charge >= 0.3 is 18.3 Å². The van der Waals surface area contributed by atoms with Crippen molar-refractivity contribution < 1.29 is 44.3 Å². The van der Waals surface area contributed by atoms with Gasteiger partial charge in [-0.1, -0.05) is 0 Å². The summed E-state index contributed by atoms with van der Waals surface area (Å²) in [6, 6.07) is 11.3. The lowest BCUT2D eigenvalue weighted by atomic mass is 10.0. The maximum absolute atomic E-state index is 14.0. The number of fused-ring (bicyclic) bond motifs is 3. The Bertz CT molecular complexity index is 1930. The summed E-state index contributed by atoms with van der Waals surface area (Å²) in [5, 5.41) is 6.26. The van der Waals surface area contributed by atoms with E-state index in [1.165, 1.54) is 12.1 Å². The second-order valence-electron chi connectivity index (χ2n) is 10.6. The standard InChI is InChI=1S/C30H24F6N6O4S/c1-46-27(43)17-2-7-23-24(12-17)42(22-14-18(29(31,32)33)13-19(15-22)30(34,35)36)47(44,45)25-16-38-28(40-26(23)25)39-20-3-5-21(6-4-20)41-10-8-37-9-11-41/h2-7,12-16,37H,8-11H2,1H3,(H,38,39,40). The number of methoxy groups -OCH3 is 1. The Labute approximate surface area is 264 Å². The fraction of sp³-hybridized carbons (Fsp3) is 0.233. The van der Waals surface area contributed by atoms with Gasteiger partial charge in [0, 0.05) is 43.1 Å². The number of sulfonamides is 1. The van der Waals surface area contributed by atoms with E-state index in [9.17, 15) is 39.6 Å². The first-order valence-electron chi connectivity index (χ1n) is 13.9. The monoisotopic (exact) mass is 678 g/mol. The van der Waals surface area contributed by atoms with E-state index in [0.29, 0.717) is 9.99 Å². The molecule has 47 heavy (non-hydrogen) atoms.